The minimum Gasteiger partial charge on any atom is -0.351 e. The number of carbonyl (C=O) groups excluding carboxylic acids is 1. The maximum absolute atomic E-state index is 12.6. The molecule has 0 aromatic carbocycles. The van der Waals surface area contributed by atoms with E-state index in [0.29, 0.717) is 0 Å². The first kappa shape index (κ1) is 19.5. The Bertz CT molecular complexity index is 490. The largest absolute Gasteiger partial charge is 0.351 e. The zero-order valence-electron chi connectivity index (χ0n) is 15.5. The van der Waals surface area contributed by atoms with Crippen molar-refractivity contribution in [2.45, 2.75) is 71.6 Å². The highest BCUT2D eigenvalue weighted by molar-refractivity contribution is 7.10. The molecule has 1 aromatic rings. The molecule has 4 heteroatoms. The molecule has 1 amide bonds. The smallest absolute Gasteiger partial charge is 0.252 e. The molecule has 136 valence electrons. The van der Waals surface area contributed by atoms with E-state index in [1.807, 2.05) is 0 Å². The van der Waals surface area contributed by atoms with E-state index in [4.69, 9.17) is 0 Å². The van der Waals surface area contributed by atoms with Crippen LogP contribution in [0.25, 0.3) is 0 Å². The fraction of sp³-hybridized carbons (Fsp3) is 0.750. The predicted octanol–water partition coefficient (Wildman–Crippen LogP) is 4.65. The number of unbranched alkanes of at least 4 members (excludes halogenated alkanes) is 2. The highest BCUT2D eigenvalue weighted by Gasteiger charge is 2.19. The van der Waals surface area contributed by atoms with Gasteiger partial charge in [0.1, 0.15) is 0 Å². The standard InChI is InChI=1S/C20H34N2OS/c1-3-5-13-22(14-6-4-2)15-12-21-20(23)18-16-24-19-11-9-7-8-10-17(18)19/h16H,3-15H2,1-2H3,(H,21,23). The van der Waals surface area contributed by atoms with E-state index in [-0.39, 0.29) is 5.91 Å². The maximum Gasteiger partial charge on any atom is 0.252 e. The molecule has 0 bridgehead atoms. The van der Waals surface area contributed by atoms with Crippen LogP contribution in [0.15, 0.2) is 5.38 Å². The summed E-state index contributed by atoms with van der Waals surface area (Å²) in [7, 11) is 0. The van der Waals surface area contributed by atoms with Gasteiger partial charge in [-0.3, -0.25) is 4.79 Å². The van der Waals surface area contributed by atoms with Crippen LogP contribution in [-0.4, -0.2) is 37.0 Å². The summed E-state index contributed by atoms with van der Waals surface area (Å²) in [5.41, 5.74) is 2.29. The minimum atomic E-state index is 0.139. The lowest BCUT2D eigenvalue weighted by Gasteiger charge is -2.22. The molecule has 1 aromatic heterocycles. The van der Waals surface area contributed by atoms with Crippen molar-refractivity contribution in [3.05, 3.63) is 21.4 Å². The van der Waals surface area contributed by atoms with Crippen molar-refractivity contribution >= 4 is 17.2 Å². The molecule has 1 N–H and O–H groups in total. The van der Waals surface area contributed by atoms with Gasteiger partial charge in [0, 0.05) is 23.3 Å². The number of carbonyl (C=O) groups is 1. The lowest BCUT2D eigenvalue weighted by atomic mass is 10.1. The normalized spacial score (nSPS) is 14.5. The van der Waals surface area contributed by atoms with Crippen LogP contribution in [0, 0.1) is 0 Å². The first-order valence-electron chi connectivity index (χ1n) is 9.86. The van der Waals surface area contributed by atoms with Gasteiger partial charge in [-0.15, -0.1) is 11.3 Å². The molecule has 3 nitrogen and oxygen atoms in total. The third kappa shape index (κ3) is 5.89. The number of rotatable bonds is 10. The minimum absolute atomic E-state index is 0.139. The molecule has 0 unspecified atom stereocenters. The third-order valence-corrected chi connectivity index (χ3v) is 6.01. The van der Waals surface area contributed by atoms with Gasteiger partial charge >= 0.3 is 0 Å². The van der Waals surface area contributed by atoms with Crippen molar-refractivity contribution in [1.82, 2.24) is 10.2 Å². The van der Waals surface area contributed by atoms with Crippen LogP contribution in [0.4, 0.5) is 0 Å². The third-order valence-electron chi connectivity index (χ3n) is 4.93. The molecular formula is C20H34N2OS. The Balaban J connectivity index is 1.82. The van der Waals surface area contributed by atoms with Crippen LogP contribution < -0.4 is 5.32 Å². The van der Waals surface area contributed by atoms with Gasteiger partial charge in [-0.25, -0.2) is 0 Å². The van der Waals surface area contributed by atoms with Gasteiger partial charge in [-0.2, -0.15) is 0 Å². The summed E-state index contributed by atoms with van der Waals surface area (Å²) in [6.45, 7) is 8.51. The molecule has 0 radical (unpaired) electrons. The Morgan fingerprint density at radius 2 is 1.79 bits per heavy atom. The van der Waals surface area contributed by atoms with E-state index in [0.717, 1.165) is 44.6 Å². The first-order chi connectivity index (χ1) is 11.8. The number of amides is 1. The Hall–Kier alpha value is -0.870. The average molecular weight is 351 g/mol. The lowest BCUT2D eigenvalue weighted by Crippen LogP contribution is -2.36. The van der Waals surface area contributed by atoms with Gasteiger partial charge in [-0.1, -0.05) is 33.1 Å². The van der Waals surface area contributed by atoms with Crippen molar-refractivity contribution in [1.29, 1.82) is 0 Å². The quantitative estimate of drug-likeness (QED) is 0.623. The molecule has 0 fully saturated rings. The van der Waals surface area contributed by atoms with E-state index < -0.39 is 0 Å². The Labute approximate surface area is 151 Å². The summed E-state index contributed by atoms with van der Waals surface area (Å²) in [5, 5.41) is 5.25. The van der Waals surface area contributed by atoms with Gasteiger partial charge in [0.2, 0.25) is 0 Å². The number of nitrogens with zero attached hydrogens (tertiary/aromatic N) is 1. The summed E-state index contributed by atoms with van der Waals surface area (Å²) in [6, 6.07) is 0. The van der Waals surface area contributed by atoms with E-state index in [9.17, 15) is 4.79 Å². The van der Waals surface area contributed by atoms with Crippen molar-refractivity contribution in [3.63, 3.8) is 0 Å². The van der Waals surface area contributed by atoms with Gasteiger partial charge in [0.15, 0.2) is 0 Å². The number of thiophene rings is 1. The summed E-state index contributed by atoms with van der Waals surface area (Å²) in [5.74, 6) is 0.139. The molecule has 1 heterocycles. The van der Waals surface area contributed by atoms with E-state index >= 15 is 0 Å². The van der Waals surface area contributed by atoms with Crippen LogP contribution in [0.1, 0.15) is 79.6 Å². The van der Waals surface area contributed by atoms with Crippen LogP contribution in [0.5, 0.6) is 0 Å². The molecule has 1 aliphatic rings. The highest BCUT2D eigenvalue weighted by atomic mass is 32.1. The zero-order valence-corrected chi connectivity index (χ0v) is 16.3. The summed E-state index contributed by atoms with van der Waals surface area (Å²) in [4.78, 5) is 16.5. The number of hydrogen-bond acceptors (Lipinski definition) is 3. The fourth-order valence-corrected chi connectivity index (χ4v) is 4.51. The summed E-state index contributed by atoms with van der Waals surface area (Å²) in [6.07, 6.45) is 11.0. The summed E-state index contributed by atoms with van der Waals surface area (Å²) >= 11 is 1.78. The van der Waals surface area contributed by atoms with Gasteiger partial charge in [-0.05, 0) is 57.2 Å². The molecule has 0 atom stereocenters. The Morgan fingerprint density at radius 1 is 1.08 bits per heavy atom. The topological polar surface area (TPSA) is 32.3 Å². The van der Waals surface area contributed by atoms with Crippen molar-refractivity contribution in [2.24, 2.45) is 0 Å². The monoisotopic (exact) mass is 350 g/mol. The molecule has 24 heavy (non-hydrogen) atoms. The van der Waals surface area contributed by atoms with Gasteiger partial charge < -0.3 is 10.2 Å². The van der Waals surface area contributed by atoms with Crippen molar-refractivity contribution in [3.8, 4) is 0 Å². The van der Waals surface area contributed by atoms with Crippen molar-refractivity contribution in [2.75, 3.05) is 26.2 Å². The average Bonchev–Trinajstić information content (AvgIpc) is 2.85. The van der Waals surface area contributed by atoms with Gasteiger partial charge in [0.25, 0.3) is 5.91 Å². The maximum atomic E-state index is 12.6. The van der Waals surface area contributed by atoms with Gasteiger partial charge in [0.05, 0.1) is 5.56 Å². The molecule has 0 saturated heterocycles. The number of aryl methyl sites for hydroxylation is 1. The molecular weight excluding hydrogens is 316 g/mol. The fourth-order valence-electron chi connectivity index (χ4n) is 3.38. The zero-order chi connectivity index (χ0) is 17.2. The predicted molar refractivity (Wildman–Crippen MR) is 104 cm³/mol. The van der Waals surface area contributed by atoms with Crippen molar-refractivity contribution < 1.29 is 4.79 Å². The SMILES string of the molecule is CCCCN(CCCC)CCNC(=O)c1csc2c1CCCCC2. The molecule has 1 aliphatic carbocycles. The summed E-state index contributed by atoms with van der Waals surface area (Å²) < 4.78 is 0. The number of fused-ring (bicyclic) bond motifs is 1. The highest BCUT2D eigenvalue weighted by Crippen LogP contribution is 2.29. The van der Waals surface area contributed by atoms with E-state index in [2.05, 4.69) is 29.4 Å². The van der Waals surface area contributed by atoms with E-state index in [1.165, 1.54) is 55.4 Å². The first-order valence-corrected chi connectivity index (χ1v) is 10.7. The second kappa shape index (κ2) is 10.9. The molecule has 0 spiro atoms. The Morgan fingerprint density at radius 3 is 2.50 bits per heavy atom. The second-order valence-corrected chi connectivity index (χ2v) is 7.88. The van der Waals surface area contributed by atoms with Crippen LogP contribution in [0.3, 0.4) is 0 Å². The lowest BCUT2D eigenvalue weighted by molar-refractivity contribution is 0.0947. The van der Waals surface area contributed by atoms with Crippen LogP contribution in [-0.2, 0) is 12.8 Å². The van der Waals surface area contributed by atoms with E-state index in [1.54, 1.807) is 11.3 Å². The van der Waals surface area contributed by atoms with Crippen LogP contribution in [0.2, 0.25) is 0 Å². The van der Waals surface area contributed by atoms with Crippen LogP contribution >= 0.6 is 11.3 Å². The molecule has 0 aliphatic heterocycles. The number of hydrogen-bond donors (Lipinski definition) is 1. The second-order valence-electron chi connectivity index (χ2n) is 6.92. The molecule has 2 rings (SSSR count). The Kier molecular flexibility index (Phi) is 8.82. The number of nitrogens with one attached hydrogen (secondary N) is 1. The molecule has 0 saturated carbocycles.